The molecule has 1 heterocycles. The number of carbonyl (C=O) groups is 2. The molecule has 0 aromatic heterocycles. The van der Waals surface area contributed by atoms with Crippen molar-refractivity contribution < 1.29 is 39.1 Å². The normalized spacial score (nSPS) is 42.8. The van der Waals surface area contributed by atoms with E-state index in [0.717, 1.165) is 62.5 Å². The van der Waals surface area contributed by atoms with Crippen LogP contribution in [0.2, 0.25) is 0 Å². The van der Waals surface area contributed by atoms with Crippen LogP contribution < -0.4 is 0 Å². The minimum absolute atomic E-state index is 0.0474. The summed E-state index contributed by atoms with van der Waals surface area (Å²) in [7, 11) is 0. The second-order valence-electron chi connectivity index (χ2n) is 16.5. The lowest BCUT2D eigenvalue weighted by molar-refractivity contribution is -0.265. The zero-order valence-corrected chi connectivity index (χ0v) is 29.4. The average Bonchev–Trinajstić information content (AvgIpc) is 3.25. The minimum Gasteiger partial charge on any atom is -0.462 e. The summed E-state index contributed by atoms with van der Waals surface area (Å²) in [5, 5.41) is 30.7. The van der Waals surface area contributed by atoms with E-state index in [1.54, 1.807) is 11.1 Å². The predicted molar refractivity (Wildman–Crippen MR) is 175 cm³/mol. The van der Waals surface area contributed by atoms with E-state index < -0.39 is 36.5 Å². The molecule has 11 atom stereocenters. The number of fused-ring (bicyclic) bond motifs is 4. The van der Waals surface area contributed by atoms with Crippen LogP contribution in [0.15, 0.2) is 34.9 Å². The van der Waals surface area contributed by atoms with E-state index in [-0.39, 0.29) is 46.3 Å². The van der Waals surface area contributed by atoms with Crippen LogP contribution in [0.1, 0.15) is 113 Å². The van der Waals surface area contributed by atoms with Gasteiger partial charge in [0.05, 0.1) is 12.5 Å². The fourth-order valence-corrected chi connectivity index (χ4v) is 10.7. The molecule has 5 aliphatic rings. The van der Waals surface area contributed by atoms with Gasteiger partial charge in [0.1, 0.15) is 24.4 Å². The first kappa shape index (κ1) is 35.3. The fraction of sp³-hybridized carbons (Fsp3) is 0.789. The second-order valence-corrected chi connectivity index (χ2v) is 16.5. The summed E-state index contributed by atoms with van der Waals surface area (Å²) in [6.45, 7) is 21.2. The third-order valence-corrected chi connectivity index (χ3v) is 13.9. The molecular weight excluding hydrogens is 584 g/mol. The van der Waals surface area contributed by atoms with E-state index in [4.69, 9.17) is 14.2 Å². The first-order valence-electron chi connectivity index (χ1n) is 17.5. The van der Waals surface area contributed by atoms with Crippen molar-refractivity contribution >= 4 is 11.9 Å². The molecule has 258 valence electrons. The van der Waals surface area contributed by atoms with Crippen molar-refractivity contribution in [3.05, 3.63) is 34.9 Å². The van der Waals surface area contributed by atoms with Gasteiger partial charge in [-0.25, -0.2) is 0 Å². The van der Waals surface area contributed by atoms with Crippen LogP contribution in [-0.4, -0.2) is 64.6 Å². The number of aliphatic hydroxyl groups is 3. The molecule has 0 radical (unpaired) electrons. The van der Waals surface area contributed by atoms with Gasteiger partial charge in [-0.1, -0.05) is 69.6 Å². The highest BCUT2D eigenvalue weighted by atomic mass is 16.7. The largest absolute Gasteiger partial charge is 0.462 e. The first-order chi connectivity index (χ1) is 21.4. The molecule has 1 aliphatic heterocycles. The molecule has 46 heavy (non-hydrogen) atoms. The summed E-state index contributed by atoms with van der Waals surface area (Å²) in [5.41, 5.74) is 4.91. The van der Waals surface area contributed by atoms with E-state index in [1.165, 1.54) is 6.92 Å². The number of rotatable bonds is 7. The van der Waals surface area contributed by atoms with E-state index in [0.29, 0.717) is 12.3 Å². The van der Waals surface area contributed by atoms with Crippen molar-refractivity contribution in [1.29, 1.82) is 0 Å². The molecule has 5 rings (SSSR count). The number of carbonyl (C=O) groups excluding carboxylic acids is 2. The molecule has 8 heteroatoms. The zero-order valence-electron chi connectivity index (χ0n) is 29.4. The van der Waals surface area contributed by atoms with Crippen LogP contribution >= 0.6 is 0 Å². The lowest BCUT2D eigenvalue weighted by Gasteiger charge is -2.62. The maximum atomic E-state index is 14.1. The highest BCUT2D eigenvalue weighted by molar-refractivity contribution is 5.73. The van der Waals surface area contributed by atoms with E-state index >= 15 is 0 Å². The number of esters is 2. The average molecular weight is 643 g/mol. The molecule has 1 saturated heterocycles. The number of ether oxygens (including phenoxy) is 3. The Morgan fingerprint density at radius 2 is 1.63 bits per heavy atom. The molecule has 4 unspecified atom stereocenters. The first-order valence-corrected chi connectivity index (χ1v) is 17.5. The summed E-state index contributed by atoms with van der Waals surface area (Å²) < 4.78 is 17.2. The third kappa shape index (κ3) is 5.63. The zero-order chi connectivity index (χ0) is 34.0. The molecule has 0 amide bonds. The van der Waals surface area contributed by atoms with Crippen LogP contribution in [0.3, 0.4) is 0 Å². The van der Waals surface area contributed by atoms with Crippen LogP contribution in [0.4, 0.5) is 0 Å². The monoisotopic (exact) mass is 642 g/mol. The van der Waals surface area contributed by atoms with Gasteiger partial charge in [-0.2, -0.15) is 0 Å². The van der Waals surface area contributed by atoms with Gasteiger partial charge in [0, 0.05) is 12.3 Å². The topological polar surface area (TPSA) is 123 Å². The highest BCUT2D eigenvalue weighted by Crippen LogP contribution is 2.72. The minimum atomic E-state index is -1.52. The molecule has 3 fully saturated rings. The molecular formula is C38H58O8. The summed E-state index contributed by atoms with van der Waals surface area (Å²) in [6, 6.07) is 0. The summed E-state index contributed by atoms with van der Waals surface area (Å²) >= 11 is 0. The van der Waals surface area contributed by atoms with Gasteiger partial charge in [0.2, 0.25) is 6.29 Å². The Morgan fingerprint density at radius 3 is 2.28 bits per heavy atom. The Bertz CT molecular complexity index is 1300. The van der Waals surface area contributed by atoms with Crippen molar-refractivity contribution in [2.45, 2.75) is 144 Å². The van der Waals surface area contributed by atoms with E-state index in [9.17, 15) is 24.9 Å². The van der Waals surface area contributed by atoms with Crippen molar-refractivity contribution in [3.63, 3.8) is 0 Å². The standard InChI is InChI=1S/C38H58O8/c1-21(2)22(3)10-11-24(33(43)46-34-32(42)31(41)28(40)20-44-34)25-14-18-38(9)27-12-13-29-35(5,6)30(45-23(4)39)16-17-36(29,7)26(27)15-19-37(25,38)8/h10,24-25,28-32,34,40-42H,1,11-20H2,2-9H3/b22-10-/t24-,25-,28?,29+,30-,31?,32?,34?,36-,37-,38+/m1/s1. The van der Waals surface area contributed by atoms with Gasteiger partial charge in [0.15, 0.2) is 0 Å². The summed E-state index contributed by atoms with van der Waals surface area (Å²) in [5.74, 6) is -0.625. The van der Waals surface area contributed by atoms with Gasteiger partial charge in [-0.05, 0) is 99.7 Å². The maximum absolute atomic E-state index is 14.1. The van der Waals surface area contributed by atoms with Crippen molar-refractivity contribution in [1.82, 2.24) is 0 Å². The van der Waals surface area contributed by atoms with Gasteiger partial charge in [0.25, 0.3) is 0 Å². The SMILES string of the molecule is C=C(C)/C(C)=C\C[C@@H](C(=O)OC1OCC(O)C(O)C1O)[C@H]1CC[C@@]2(C)C3=C(CC[C@]12C)[C@@]1(C)CC[C@@H](OC(C)=O)C(C)(C)[C@@H]1CC3. The Hall–Kier alpha value is -2.00. The van der Waals surface area contributed by atoms with Gasteiger partial charge < -0.3 is 29.5 Å². The van der Waals surface area contributed by atoms with Crippen LogP contribution in [0.25, 0.3) is 0 Å². The fourth-order valence-electron chi connectivity index (χ4n) is 10.7. The Morgan fingerprint density at radius 1 is 0.935 bits per heavy atom. The number of hydrogen-bond donors (Lipinski definition) is 3. The smallest absolute Gasteiger partial charge is 0.311 e. The molecule has 0 bridgehead atoms. The van der Waals surface area contributed by atoms with Crippen molar-refractivity contribution in [2.24, 2.45) is 39.4 Å². The third-order valence-electron chi connectivity index (χ3n) is 13.9. The van der Waals surface area contributed by atoms with Crippen molar-refractivity contribution in [3.8, 4) is 0 Å². The molecule has 3 N–H and O–H groups in total. The van der Waals surface area contributed by atoms with Crippen LogP contribution in [-0.2, 0) is 23.8 Å². The molecule has 0 aromatic carbocycles. The van der Waals surface area contributed by atoms with Crippen molar-refractivity contribution in [2.75, 3.05) is 6.61 Å². The molecule has 8 nitrogen and oxygen atoms in total. The second kappa shape index (κ2) is 12.5. The number of aliphatic hydroxyl groups excluding tert-OH is 3. The number of hydrogen-bond acceptors (Lipinski definition) is 8. The lowest BCUT2D eigenvalue weighted by Crippen LogP contribution is -2.56. The van der Waals surface area contributed by atoms with Crippen LogP contribution in [0.5, 0.6) is 0 Å². The van der Waals surface area contributed by atoms with Gasteiger partial charge in [-0.15, -0.1) is 0 Å². The van der Waals surface area contributed by atoms with E-state index in [2.05, 4.69) is 47.3 Å². The molecule has 4 aliphatic carbocycles. The molecule has 0 spiro atoms. The maximum Gasteiger partial charge on any atom is 0.311 e. The highest BCUT2D eigenvalue weighted by Gasteiger charge is 2.64. The quantitative estimate of drug-likeness (QED) is 0.171. The van der Waals surface area contributed by atoms with Gasteiger partial charge >= 0.3 is 11.9 Å². The van der Waals surface area contributed by atoms with Gasteiger partial charge in [-0.3, -0.25) is 9.59 Å². The summed E-state index contributed by atoms with van der Waals surface area (Å²) in [4.78, 5) is 26.0. The van der Waals surface area contributed by atoms with E-state index in [1.807, 2.05) is 13.8 Å². The number of allylic oxidation sites excluding steroid dienone is 5. The lowest BCUT2D eigenvalue weighted by atomic mass is 9.43. The predicted octanol–water partition coefficient (Wildman–Crippen LogP) is 6.18. The Balaban J connectivity index is 1.46. The molecule has 0 aromatic rings. The summed E-state index contributed by atoms with van der Waals surface area (Å²) in [6.07, 6.45) is 4.78. The Labute approximate surface area is 275 Å². The van der Waals surface area contributed by atoms with Crippen LogP contribution in [0, 0.1) is 39.4 Å². The Kier molecular flexibility index (Phi) is 9.57. The molecule has 2 saturated carbocycles.